The molecule has 5 nitrogen and oxygen atoms in total. The molecule has 1 heterocycles. The average molecular weight is 296 g/mol. The lowest BCUT2D eigenvalue weighted by atomic mass is 10.2. The molecule has 0 spiro atoms. The second-order valence-electron chi connectivity index (χ2n) is 3.93. The lowest BCUT2D eigenvalue weighted by Gasteiger charge is -2.08. The van der Waals surface area contributed by atoms with Gasteiger partial charge in [0.25, 0.3) is 5.91 Å². The quantitative estimate of drug-likeness (QED) is 0.831. The van der Waals surface area contributed by atoms with Gasteiger partial charge in [0, 0.05) is 18.9 Å². The summed E-state index contributed by atoms with van der Waals surface area (Å²) >= 11 is 5.75. The van der Waals surface area contributed by atoms with Crippen LogP contribution in [0.2, 0.25) is 5.22 Å². The number of benzene rings is 1. The minimum Gasteiger partial charge on any atom is -0.491 e. The van der Waals surface area contributed by atoms with Crippen LogP contribution < -0.4 is 10.1 Å². The van der Waals surface area contributed by atoms with Gasteiger partial charge in [0.15, 0.2) is 0 Å². The molecule has 0 saturated heterocycles. The van der Waals surface area contributed by atoms with Crippen LogP contribution in [0.4, 0.5) is 5.69 Å². The number of amides is 1. The predicted octanol–water partition coefficient (Wildman–Crippen LogP) is 3.21. The standard InChI is InChI=1S/C14H14ClNO4/c1-18-7-8-19-11-4-2-3-10(9-11)16-14(17)12-5-6-20-13(12)15/h2-6,9H,7-8H2,1H3,(H,16,17). The Balaban J connectivity index is 2.01. The minimum absolute atomic E-state index is 0.0648. The van der Waals surface area contributed by atoms with Crippen molar-refractivity contribution in [3.05, 3.63) is 47.4 Å². The number of carbonyl (C=O) groups excluding carboxylic acids is 1. The molecular weight excluding hydrogens is 282 g/mol. The monoisotopic (exact) mass is 295 g/mol. The molecular formula is C14H14ClNO4. The van der Waals surface area contributed by atoms with E-state index in [1.165, 1.54) is 12.3 Å². The summed E-state index contributed by atoms with van der Waals surface area (Å²) in [5.41, 5.74) is 0.902. The Morgan fingerprint density at radius 1 is 1.35 bits per heavy atom. The van der Waals surface area contributed by atoms with E-state index in [2.05, 4.69) is 5.32 Å². The molecule has 2 aromatic rings. The van der Waals surface area contributed by atoms with Crippen LogP contribution in [-0.4, -0.2) is 26.2 Å². The van der Waals surface area contributed by atoms with Gasteiger partial charge >= 0.3 is 0 Å². The fourth-order valence-corrected chi connectivity index (χ4v) is 1.76. The van der Waals surface area contributed by atoms with E-state index >= 15 is 0 Å². The molecule has 6 heteroatoms. The van der Waals surface area contributed by atoms with Crippen molar-refractivity contribution < 1.29 is 18.7 Å². The van der Waals surface area contributed by atoms with Crippen molar-refractivity contribution in [3.63, 3.8) is 0 Å². The van der Waals surface area contributed by atoms with Gasteiger partial charge in [-0.1, -0.05) is 6.07 Å². The first-order valence-electron chi connectivity index (χ1n) is 5.97. The summed E-state index contributed by atoms with van der Waals surface area (Å²) in [5, 5.41) is 2.79. The Kier molecular flexibility index (Phi) is 5.03. The first kappa shape index (κ1) is 14.4. The molecule has 0 atom stereocenters. The van der Waals surface area contributed by atoms with Gasteiger partial charge in [-0.15, -0.1) is 0 Å². The molecule has 106 valence electrons. The van der Waals surface area contributed by atoms with Crippen LogP contribution in [-0.2, 0) is 4.74 Å². The third kappa shape index (κ3) is 3.76. The summed E-state index contributed by atoms with van der Waals surface area (Å²) in [6.45, 7) is 0.947. The first-order chi connectivity index (χ1) is 9.70. The van der Waals surface area contributed by atoms with Crippen molar-refractivity contribution in [2.75, 3.05) is 25.6 Å². The van der Waals surface area contributed by atoms with Crippen LogP contribution in [0.15, 0.2) is 41.0 Å². The number of carbonyl (C=O) groups is 1. The fraction of sp³-hybridized carbons (Fsp3) is 0.214. The summed E-state index contributed by atoms with van der Waals surface area (Å²) in [6, 6.07) is 8.58. The van der Waals surface area contributed by atoms with E-state index in [9.17, 15) is 4.79 Å². The Morgan fingerprint density at radius 2 is 2.20 bits per heavy atom. The summed E-state index contributed by atoms with van der Waals surface area (Å²) in [6.07, 6.45) is 1.36. The first-order valence-corrected chi connectivity index (χ1v) is 6.34. The topological polar surface area (TPSA) is 60.7 Å². The van der Waals surface area contributed by atoms with Crippen LogP contribution in [0, 0.1) is 0 Å². The van der Waals surface area contributed by atoms with Crippen molar-refractivity contribution in [1.82, 2.24) is 0 Å². The Bertz CT molecular complexity index is 582. The largest absolute Gasteiger partial charge is 0.491 e. The van der Waals surface area contributed by atoms with Gasteiger partial charge in [0.1, 0.15) is 12.4 Å². The Labute approximate surface area is 121 Å². The molecule has 0 bridgehead atoms. The predicted molar refractivity (Wildman–Crippen MR) is 75.5 cm³/mol. The molecule has 0 aliphatic carbocycles. The highest BCUT2D eigenvalue weighted by Gasteiger charge is 2.13. The zero-order valence-corrected chi connectivity index (χ0v) is 11.6. The van der Waals surface area contributed by atoms with Gasteiger partial charge < -0.3 is 19.2 Å². The molecule has 0 saturated carbocycles. The van der Waals surface area contributed by atoms with Crippen LogP contribution in [0.5, 0.6) is 5.75 Å². The number of methoxy groups -OCH3 is 1. The number of halogens is 1. The lowest BCUT2D eigenvalue weighted by Crippen LogP contribution is -2.11. The third-order valence-corrected chi connectivity index (χ3v) is 2.80. The van der Waals surface area contributed by atoms with Crippen molar-refractivity contribution in [2.24, 2.45) is 0 Å². The maximum absolute atomic E-state index is 12.0. The highest BCUT2D eigenvalue weighted by Crippen LogP contribution is 2.21. The van der Waals surface area contributed by atoms with Crippen LogP contribution in [0.1, 0.15) is 10.4 Å². The molecule has 0 unspecified atom stereocenters. The second-order valence-corrected chi connectivity index (χ2v) is 4.27. The normalized spacial score (nSPS) is 10.3. The van der Waals surface area contributed by atoms with E-state index in [4.69, 9.17) is 25.5 Å². The van der Waals surface area contributed by atoms with E-state index in [0.29, 0.717) is 24.7 Å². The number of ether oxygens (including phenoxy) is 2. The zero-order chi connectivity index (χ0) is 14.4. The number of hydrogen-bond donors (Lipinski definition) is 1. The zero-order valence-electron chi connectivity index (χ0n) is 10.9. The summed E-state index contributed by atoms with van der Waals surface area (Å²) in [7, 11) is 1.61. The summed E-state index contributed by atoms with van der Waals surface area (Å²) < 4.78 is 15.2. The Morgan fingerprint density at radius 3 is 2.90 bits per heavy atom. The fourth-order valence-electron chi connectivity index (χ4n) is 1.56. The van der Waals surface area contributed by atoms with E-state index in [-0.39, 0.29) is 16.7 Å². The minimum atomic E-state index is -0.335. The number of hydrogen-bond acceptors (Lipinski definition) is 4. The molecule has 1 N–H and O–H groups in total. The van der Waals surface area contributed by atoms with E-state index in [1.807, 2.05) is 0 Å². The van der Waals surface area contributed by atoms with Gasteiger partial charge in [0.2, 0.25) is 5.22 Å². The van der Waals surface area contributed by atoms with E-state index in [0.717, 1.165) is 0 Å². The maximum atomic E-state index is 12.0. The summed E-state index contributed by atoms with van der Waals surface area (Å²) in [5.74, 6) is 0.316. The molecule has 2 rings (SSSR count). The molecule has 0 aliphatic heterocycles. The summed E-state index contributed by atoms with van der Waals surface area (Å²) in [4.78, 5) is 12.0. The van der Waals surface area contributed by atoms with E-state index < -0.39 is 0 Å². The number of furan rings is 1. The number of rotatable bonds is 6. The maximum Gasteiger partial charge on any atom is 0.260 e. The Hall–Kier alpha value is -1.98. The molecule has 20 heavy (non-hydrogen) atoms. The molecule has 0 aliphatic rings. The smallest absolute Gasteiger partial charge is 0.260 e. The van der Waals surface area contributed by atoms with Crippen molar-refractivity contribution in [2.45, 2.75) is 0 Å². The SMILES string of the molecule is COCCOc1cccc(NC(=O)c2ccoc2Cl)c1. The van der Waals surface area contributed by atoms with Crippen molar-refractivity contribution in [1.29, 1.82) is 0 Å². The second kappa shape index (κ2) is 6.98. The molecule has 1 amide bonds. The van der Waals surface area contributed by atoms with Crippen LogP contribution in [0.25, 0.3) is 0 Å². The number of anilines is 1. The molecule has 0 radical (unpaired) electrons. The third-order valence-electron chi connectivity index (χ3n) is 2.51. The number of nitrogens with one attached hydrogen (secondary N) is 1. The lowest BCUT2D eigenvalue weighted by molar-refractivity contribution is 0.102. The molecule has 1 aromatic heterocycles. The molecule has 1 aromatic carbocycles. The van der Waals surface area contributed by atoms with E-state index in [1.54, 1.807) is 31.4 Å². The average Bonchev–Trinajstić information content (AvgIpc) is 2.86. The van der Waals surface area contributed by atoms with Crippen LogP contribution in [0.3, 0.4) is 0 Å². The van der Waals surface area contributed by atoms with Crippen molar-refractivity contribution in [3.8, 4) is 5.75 Å². The molecule has 0 fully saturated rings. The van der Waals surface area contributed by atoms with Gasteiger partial charge in [-0.3, -0.25) is 4.79 Å². The van der Waals surface area contributed by atoms with Crippen molar-refractivity contribution >= 4 is 23.2 Å². The van der Waals surface area contributed by atoms with Gasteiger partial charge in [-0.2, -0.15) is 0 Å². The van der Waals surface area contributed by atoms with Gasteiger partial charge in [-0.25, -0.2) is 0 Å². The van der Waals surface area contributed by atoms with Crippen LogP contribution >= 0.6 is 11.6 Å². The van der Waals surface area contributed by atoms with Gasteiger partial charge in [0.05, 0.1) is 18.4 Å². The highest BCUT2D eigenvalue weighted by atomic mass is 35.5. The highest BCUT2D eigenvalue weighted by molar-refractivity contribution is 6.32. The van der Waals surface area contributed by atoms with Gasteiger partial charge in [-0.05, 0) is 29.8 Å².